The third kappa shape index (κ3) is 2.92. The van der Waals surface area contributed by atoms with Crippen molar-refractivity contribution < 1.29 is 19.2 Å². The number of rotatable bonds is 4. The maximum atomic E-state index is 11.6. The molecular formula is C12H11N3O5S. The number of amides is 1. The van der Waals surface area contributed by atoms with Crippen LogP contribution < -0.4 is 20.1 Å². The molecule has 1 aliphatic heterocycles. The number of nitrogens with one attached hydrogen (secondary N) is 2. The number of hydrogen-bond acceptors (Lipinski definition) is 6. The first-order chi connectivity index (χ1) is 9.96. The molecule has 8 nitrogen and oxygen atoms in total. The molecule has 0 spiro atoms. The van der Waals surface area contributed by atoms with Gasteiger partial charge in [-0.25, -0.2) is 0 Å². The standard InChI is InChI=1S/C12H11N3O5S/c1-19-9-4-6(3-7-11(16)14-12(21)13-7)8(15(17)18)5-10(9)20-2/h3-5H,1-2H3,(H2,13,14,16,21)/b7-3+. The Labute approximate surface area is 124 Å². The fourth-order valence-electron chi connectivity index (χ4n) is 1.80. The molecule has 0 radical (unpaired) electrons. The summed E-state index contributed by atoms with van der Waals surface area (Å²) in [6.45, 7) is 0. The molecule has 0 bridgehead atoms. The van der Waals surface area contributed by atoms with Crippen LogP contribution in [0.3, 0.4) is 0 Å². The molecule has 0 saturated carbocycles. The summed E-state index contributed by atoms with van der Waals surface area (Å²) >= 11 is 4.80. The van der Waals surface area contributed by atoms with Crippen LogP contribution in [0.25, 0.3) is 6.08 Å². The lowest BCUT2D eigenvalue weighted by molar-refractivity contribution is -0.385. The molecule has 0 aliphatic carbocycles. The molecule has 9 heteroatoms. The monoisotopic (exact) mass is 309 g/mol. The van der Waals surface area contributed by atoms with Crippen LogP contribution in [0.1, 0.15) is 5.56 Å². The highest BCUT2D eigenvalue weighted by Gasteiger charge is 2.24. The van der Waals surface area contributed by atoms with Crippen molar-refractivity contribution in [3.05, 3.63) is 33.5 Å². The quantitative estimate of drug-likeness (QED) is 0.369. The summed E-state index contributed by atoms with van der Waals surface area (Å²) in [4.78, 5) is 22.2. The molecule has 0 unspecified atom stereocenters. The zero-order valence-electron chi connectivity index (χ0n) is 11.1. The van der Waals surface area contributed by atoms with Gasteiger partial charge in [0.15, 0.2) is 16.6 Å². The first-order valence-electron chi connectivity index (χ1n) is 5.70. The predicted octanol–water partition coefficient (Wildman–Crippen LogP) is 0.957. The fourth-order valence-corrected chi connectivity index (χ4v) is 2.00. The van der Waals surface area contributed by atoms with Crippen molar-refractivity contribution in [1.82, 2.24) is 10.6 Å². The first kappa shape index (κ1) is 14.7. The van der Waals surface area contributed by atoms with Crippen molar-refractivity contribution in [2.24, 2.45) is 0 Å². The second kappa shape index (κ2) is 5.75. The molecule has 21 heavy (non-hydrogen) atoms. The fraction of sp³-hybridized carbons (Fsp3) is 0.167. The van der Waals surface area contributed by atoms with Gasteiger partial charge in [0.05, 0.1) is 30.8 Å². The average molecular weight is 309 g/mol. The summed E-state index contributed by atoms with van der Waals surface area (Å²) in [5.74, 6) is 0.0886. The smallest absolute Gasteiger partial charge is 0.280 e. The maximum absolute atomic E-state index is 11.6. The van der Waals surface area contributed by atoms with Gasteiger partial charge in [-0.3, -0.25) is 20.2 Å². The lowest BCUT2D eigenvalue weighted by Crippen LogP contribution is -2.21. The van der Waals surface area contributed by atoms with Crippen molar-refractivity contribution >= 4 is 35.0 Å². The number of nitrogens with zero attached hydrogens (tertiary/aromatic N) is 1. The number of carbonyl (C=O) groups excluding carboxylic acids is 1. The van der Waals surface area contributed by atoms with E-state index in [1.54, 1.807) is 0 Å². The zero-order chi connectivity index (χ0) is 15.6. The van der Waals surface area contributed by atoms with E-state index in [1.807, 2.05) is 0 Å². The minimum Gasteiger partial charge on any atom is -0.493 e. The topological polar surface area (TPSA) is 103 Å². The number of thiocarbonyl (C=S) groups is 1. The SMILES string of the molecule is COc1cc(/C=C2/NC(=S)NC2=O)c([N+](=O)[O-])cc1OC. The van der Waals surface area contributed by atoms with E-state index in [-0.39, 0.29) is 27.8 Å². The minimum absolute atomic E-state index is 0.121. The van der Waals surface area contributed by atoms with Gasteiger partial charge in [-0.2, -0.15) is 0 Å². The molecular weight excluding hydrogens is 298 g/mol. The molecule has 0 atom stereocenters. The van der Waals surface area contributed by atoms with Crippen LogP contribution in [-0.4, -0.2) is 30.2 Å². The van der Waals surface area contributed by atoms with E-state index in [9.17, 15) is 14.9 Å². The van der Waals surface area contributed by atoms with Crippen molar-refractivity contribution in [2.45, 2.75) is 0 Å². The van der Waals surface area contributed by atoms with Gasteiger partial charge in [0, 0.05) is 0 Å². The van der Waals surface area contributed by atoms with E-state index < -0.39 is 10.8 Å². The summed E-state index contributed by atoms with van der Waals surface area (Å²) in [5.41, 5.74) is 0.0999. The summed E-state index contributed by atoms with van der Waals surface area (Å²) in [5, 5.41) is 16.3. The van der Waals surface area contributed by atoms with Gasteiger partial charge in [-0.15, -0.1) is 0 Å². The van der Waals surface area contributed by atoms with E-state index in [2.05, 4.69) is 10.6 Å². The second-order valence-electron chi connectivity index (χ2n) is 3.99. The number of benzene rings is 1. The van der Waals surface area contributed by atoms with Crippen molar-refractivity contribution in [3.63, 3.8) is 0 Å². The number of carbonyl (C=O) groups is 1. The van der Waals surface area contributed by atoms with Crippen LogP contribution in [0.4, 0.5) is 5.69 Å². The number of nitro benzene ring substituents is 1. The van der Waals surface area contributed by atoms with Gasteiger partial charge >= 0.3 is 0 Å². The Bertz CT molecular complexity index is 671. The Morgan fingerprint density at radius 1 is 1.24 bits per heavy atom. The Hall–Kier alpha value is -2.68. The molecule has 1 saturated heterocycles. The minimum atomic E-state index is -0.570. The van der Waals surface area contributed by atoms with Crippen molar-refractivity contribution in [1.29, 1.82) is 0 Å². The summed E-state index contributed by atoms with van der Waals surface area (Å²) in [6.07, 6.45) is 1.33. The highest BCUT2D eigenvalue weighted by atomic mass is 32.1. The van der Waals surface area contributed by atoms with Gasteiger partial charge in [0.1, 0.15) is 5.70 Å². The zero-order valence-corrected chi connectivity index (χ0v) is 11.9. The highest BCUT2D eigenvalue weighted by molar-refractivity contribution is 7.80. The van der Waals surface area contributed by atoms with Crippen LogP contribution in [0, 0.1) is 10.1 Å². The van der Waals surface area contributed by atoms with E-state index in [1.165, 1.54) is 32.4 Å². The van der Waals surface area contributed by atoms with Gasteiger partial charge < -0.3 is 14.8 Å². The first-order valence-corrected chi connectivity index (χ1v) is 6.11. The molecule has 110 valence electrons. The molecule has 1 aliphatic rings. The van der Waals surface area contributed by atoms with Crippen molar-refractivity contribution in [2.75, 3.05) is 14.2 Å². The van der Waals surface area contributed by atoms with E-state index >= 15 is 0 Å². The largest absolute Gasteiger partial charge is 0.493 e. The summed E-state index contributed by atoms with van der Waals surface area (Å²) in [6, 6.07) is 2.65. The Balaban J connectivity index is 2.56. The van der Waals surface area contributed by atoms with Crippen LogP contribution >= 0.6 is 12.2 Å². The number of hydrogen-bond donors (Lipinski definition) is 2. The van der Waals surface area contributed by atoms with Crippen LogP contribution in [0.15, 0.2) is 17.8 Å². The molecule has 2 N–H and O–H groups in total. The highest BCUT2D eigenvalue weighted by Crippen LogP contribution is 2.35. The Kier molecular flexibility index (Phi) is 4.03. The summed E-state index contributed by atoms with van der Waals surface area (Å²) in [7, 11) is 2.79. The van der Waals surface area contributed by atoms with Gasteiger partial charge in [-0.05, 0) is 24.4 Å². The maximum Gasteiger partial charge on any atom is 0.280 e. The number of methoxy groups -OCH3 is 2. The predicted molar refractivity (Wildman–Crippen MR) is 78.1 cm³/mol. The normalized spacial score (nSPS) is 15.6. The van der Waals surface area contributed by atoms with Gasteiger partial charge in [-0.1, -0.05) is 0 Å². The van der Waals surface area contributed by atoms with Crippen LogP contribution in [0.5, 0.6) is 11.5 Å². The van der Waals surface area contributed by atoms with Crippen LogP contribution in [0.2, 0.25) is 0 Å². The Morgan fingerprint density at radius 3 is 2.33 bits per heavy atom. The molecule has 0 aromatic heterocycles. The number of nitro groups is 1. The third-order valence-electron chi connectivity index (χ3n) is 2.75. The van der Waals surface area contributed by atoms with Gasteiger partial charge in [0.25, 0.3) is 11.6 Å². The third-order valence-corrected chi connectivity index (χ3v) is 2.95. The molecule has 1 aromatic rings. The second-order valence-corrected chi connectivity index (χ2v) is 4.40. The van der Waals surface area contributed by atoms with E-state index in [4.69, 9.17) is 21.7 Å². The van der Waals surface area contributed by atoms with Gasteiger partial charge in [0.2, 0.25) is 0 Å². The van der Waals surface area contributed by atoms with Crippen molar-refractivity contribution in [3.8, 4) is 11.5 Å². The van der Waals surface area contributed by atoms with E-state index in [0.29, 0.717) is 5.75 Å². The molecule has 1 fully saturated rings. The van der Waals surface area contributed by atoms with E-state index in [0.717, 1.165) is 0 Å². The Morgan fingerprint density at radius 2 is 1.86 bits per heavy atom. The molecule has 2 rings (SSSR count). The molecule has 1 amide bonds. The lowest BCUT2D eigenvalue weighted by Gasteiger charge is -2.09. The molecule has 1 aromatic carbocycles. The number of ether oxygens (including phenoxy) is 2. The average Bonchev–Trinajstić information content (AvgIpc) is 2.76. The molecule has 1 heterocycles. The lowest BCUT2D eigenvalue weighted by atomic mass is 10.1. The van der Waals surface area contributed by atoms with Crippen LogP contribution in [-0.2, 0) is 4.79 Å². The summed E-state index contributed by atoms with van der Waals surface area (Å²) < 4.78 is 10.1.